The van der Waals surface area contributed by atoms with Gasteiger partial charge in [-0.2, -0.15) is 0 Å². The van der Waals surface area contributed by atoms with Crippen LogP contribution in [0, 0.1) is 0 Å². The molecule has 1 N–H and O–H groups in total. The van der Waals surface area contributed by atoms with Gasteiger partial charge in [-0.3, -0.25) is 14.4 Å². The molecule has 9 heteroatoms. The molecule has 0 radical (unpaired) electrons. The van der Waals surface area contributed by atoms with Gasteiger partial charge in [-0.25, -0.2) is 0 Å². The Kier molecular flexibility index (Phi) is 10.3. The lowest BCUT2D eigenvalue weighted by Crippen LogP contribution is -2.62. The molecular formula is C18H30O9. The summed E-state index contributed by atoms with van der Waals surface area (Å²) in [6, 6.07) is 0. The molecule has 0 aromatic rings. The monoisotopic (exact) mass is 390 g/mol. The van der Waals surface area contributed by atoms with Crippen LogP contribution >= 0.6 is 0 Å². The van der Waals surface area contributed by atoms with E-state index in [-0.39, 0.29) is 0 Å². The molecule has 0 aromatic heterocycles. The van der Waals surface area contributed by atoms with Crippen molar-refractivity contribution in [1.82, 2.24) is 0 Å². The molecule has 156 valence electrons. The third-order valence-electron chi connectivity index (χ3n) is 3.96. The summed E-state index contributed by atoms with van der Waals surface area (Å²) >= 11 is 0. The second-order valence-electron chi connectivity index (χ2n) is 6.38. The molecule has 1 saturated heterocycles. The summed E-state index contributed by atoms with van der Waals surface area (Å²) < 4.78 is 27.1. The van der Waals surface area contributed by atoms with Crippen LogP contribution < -0.4 is 0 Å². The summed E-state index contributed by atoms with van der Waals surface area (Å²) in [6.07, 6.45) is -1.63. The van der Waals surface area contributed by atoms with E-state index in [4.69, 9.17) is 23.7 Å². The average Bonchev–Trinajstić information content (AvgIpc) is 2.57. The van der Waals surface area contributed by atoms with Crippen molar-refractivity contribution in [3.8, 4) is 0 Å². The molecule has 0 spiro atoms. The maximum Gasteiger partial charge on any atom is 0.303 e. The van der Waals surface area contributed by atoms with Gasteiger partial charge in [0.2, 0.25) is 0 Å². The first kappa shape index (κ1) is 23.3. The largest absolute Gasteiger partial charge is 0.456 e. The van der Waals surface area contributed by atoms with Crippen LogP contribution in [-0.4, -0.2) is 66.9 Å². The smallest absolute Gasteiger partial charge is 0.303 e. The highest BCUT2D eigenvalue weighted by Crippen LogP contribution is 2.29. The van der Waals surface area contributed by atoms with Gasteiger partial charge in [-0.1, -0.05) is 26.2 Å². The molecule has 1 aliphatic heterocycles. The van der Waals surface area contributed by atoms with Crippen LogP contribution in [0.2, 0.25) is 0 Å². The third kappa shape index (κ3) is 7.82. The predicted molar refractivity (Wildman–Crippen MR) is 92.5 cm³/mol. The lowest BCUT2D eigenvalue weighted by Gasteiger charge is -2.43. The van der Waals surface area contributed by atoms with Gasteiger partial charge in [-0.15, -0.1) is 0 Å². The first-order chi connectivity index (χ1) is 12.8. The molecule has 9 nitrogen and oxygen atoms in total. The molecule has 0 aliphatic carbocycles. The van der Waals surface area contributed by atoms with Crippen LogP contribution in [-0.2, 0) is 38.1 Å². The topological polar surface area (TPSA) is 118 Å². The van der Waals surface area contributed by atoms with Crippen molar-refractivity contribution in [3.05, 3.63) is 0 Å². The van der Waals surface area contributed by atoms with Gasteiger partial charge in [0.15, 0.2) is 24.6 Å². The number of rotatable bonds is 10. The molecule has 1 heterocycles. The van der Waals surface area contributed by atoms with Gasteiger partial charge < -0.3 is 28.8 Å². The van der Waals surface area contributed by atoms with Gasteiger partial charge in [-0.05, 0) is 6.42 Å². The maximum atomic E-state index is 11.6. The molecule has 1 fully saturated rings. The van der Waals surface area contributed by atoms with E-state index in [0.717, 1.165) is 25.7 Å². The molecule has 1 rings (SSSR count). The normalized spacial score (nSPS) is 27.7. The van der Waals surface area contributed by atoms with Crippen molar-refractivity contribution in [3.63, 3.8) is 0 Å². The Bertz CT molecular complexity index is 493. The van der Waals surface area contributed by atoms with E-state index in [1.165, 1.54) is 20.8 Å². The van der Waals surface area contributed by atoms with E-state index >= 15 is 0 Å². The molecular weight excluding hydrogens is 360 g/mol. The number of esters is 3. The minimum atomic E-state index is -1.16. The van der Waals surface area contributed by atoms with Gasteiger partial charge in [0, 0.05) is 27.4 Å². The summed E-state index contributed by atoms with van der Waals surface area (Å²) in [4.78, 5) is 34.6. The molecule has 27 heavy (non-hydrogen) atoms. The van der Waals surface area contributed by atoms with Crippen molar-refractivity contribution in [2.24, 2.45) is 0 Å². The SMILES string of the molecule is CCCCCCO[C@@H]1O[C@H](CO)[C@@H](OC(C)=O)[C@H](OC(C)=O)[C@H]1OC(C)=O. The molecule has 5 atom stereocenters. The standard InChI is InChI=1S/C18H30O9/c1-5-6-7-8-9-23-18-17(26-13(4)22)16(25-12(3)21)15(24-11(2)20)14(10-19)27-18/h14-19H,5-10H2,1-4H3/t14-,15-,16+,17-,18-/m1/s1. The number of hydrogen-bond donors (Lipinski definition) is 1. The van der Waals surface area contributed by atoms with Crippen LogP contribution in [0.3, 0.4) is 0 Å². The van der Waals surface area contributed by atoms with E-state index in [2.05, 4.69) is 6.92 Å². The van der Waals surface area contributed by atoms with Crippen molar-refractivity contribution in [2.75, 3.05) is 13.2 Å². The Balaban J connectivity index is 3.01. The predicted octanol–water partition coefficient (Wildman–Crippen LogP) is 1.10. The van der Waals surface area contributed by atoms with Gasteiger partial charge >= 0.3 is 17.9 Å². The minimum absolute atomic E-state index is 0.339. The first-order valence-corrected chi connectivity index (χ1v) is 9.19. The van der Waals surface area contributed by atoms with Crippen LogP contribution in [0.15, 0.2) is 0 Å². The zero-order valence-corrected chi connectivity index (χ0v) is 16.3. The van der Waals surface area contributed by atoms with Crippen LogP contribution in [0.1, 0.15) is 53.4 Å². The molecule has 0 unspecified atom stereocenters. The number of aliphatic hydroxyl groups is 1. The lowest BCUT2D eigenvalue weighted by molar-refractivity contribution is -0.307. The van der Waals surface area contributed by atoms with Crippen LogP contribution in [0.5, 0.6) is 0 Å². The number of unbranched alkanes of at least 4 members (excludes halogenated alkanes) is 3. The Hall–Kier alpha value is -1.71. The van der Waals surface area contributed by atoms with E-state index < -0.39 is 55.2 Å². The zero-order chi connectivity index (χ0) is 20.4. The van der Waals surface area contributed by atoms with Crippen molar-refractivity contribution in [2.45, 2.75) is 84.1 Å². The summed E-state index contributed by atoms with van der Waals surface area (Å²) in [6.45, 7) is 5.48. The minimum Gasteiger partial charge on any atom is -0.456 e. The fourth-order valence-corrected chi connectivity index (χ4v) is 2.86. The van der Waals surface area contributed by atoms with Gasteiger partial charge in [0.1, 0.15) is 6.10 Å². The molecule has 0 amide bonds. The average molecular weight is 390 g/mol. The van der Waals surface area contributed by atoms with Crippen molar-refractivity contribution >= 4 is 17.9 Å². The third-order valence-corrected chi connectivity index (χ3v) is 3.96. The molecule has 0 saturated carbocycles. The lowest BCUT2D eigenvalue weighted by atomic mass is 9.98. The maximum absolute atomic E-state index is 11.6. The van der Waals surface area contributed by atoms with Gasteiger partial charge in [0.05, 0.1) is 6.61 Å². The van der Waals surface area contributed by atoms with E-state index in [1.54, 1.807) is 0 Å². The van der Waals surface area contributed by atoms with Crippen LogP contribution in [0.25, 0.3) is 0 Å². The van der Waals surface area contributed by atoms with Gasteiger partial charge in [0.25, 0.3) is 0 Å². The molecule has 0 aromatic carbocycles. The fraction of sp³-hybridized carbons (Fsp3) is 0.833. The zero-order valence-electron chi connectivity index (χ0n) is 16.3. The Morgan fingerprint density at radius 1 is 0.852 bits per heavy atom. The summed E-state index contributed by atoms with van der Waals surface area (Å²) in [5.41, 5.74) is 0. The fourth-order valence-electron chi connectivity index (χ4n) is 2.86. The summed E-state index contributed by atoms with van der Waals surface area (Å²) in [7, 11) is 0. The van der Waals surface area contributed by atoms with E-state index in [9.17, 15) is 19.5 Å². The Morgan fingerprint density at radius 2 is 1.41 bits per heavy atom. The summed E-state index contributed by atoms with van der Waals surface area (Å²) in [5, 5.41) is 9.63. The van der Waals surface area contributed by atoms with E-state index in [0.29, 0.717) is 6.61 Å². The van der Waals surface area contributed by atoms with Crippen molar-refractivity contribution < 1.29 is 43.2 Å². The number of carbonyl (C=O) groups excluding carboxylic acids is 3. The highest BCUT2D eigenvalue weighted by atomic mass is 16.7. The van der Waals surface area contributed by atoms with Crippen LogP contribution in [0.4, 0.5) is 0 Å². The van der Waals surface area contributed by atoms with Crippen molar-refractivity contribution in [1.29, 1.82) is 0 Å². The Labute approximate surface area is 159 Å². The summed E-state index contributed by atoms with van der Waals surface area (Å²) in [5.74, 6) is -1.95. The highest BCUT2D eigenvalue weighted by Gasteiger charge is 2.52. The molecule has 0 bridgehead atoms. The highest BCUT2D eigenvalue weighted by molar-refractivity contribution is 5.68. The molecule has 1 aliphatic rings. The number of carbonyl (C=O) groups is 3. The first-order valence-electron chi connectivity index (χ1n) is 9.19. The number of ether oxygens (including phenoxy) is 5. The number of aliphatic hydroxyl groups excluding tert-OH is 1. The number of hydrogen-bond acceptors (Lipinski definition) is 9. The second-order valence-corrected chi connectivity index (χ2v) is 6.38. The quantitative estimate of drug-likeness (QED) is 0.332. The second kappa shape index (κ2) is 11.9. The Morgan fingerprint density at radius 3 is 1.93 bits per heavy atom. The van der Waals surface area contributed by atoms with E-state index in [1.807, 2.05) is 0 Å².